The molecule has 2 N–H and O–H groups in total. The number of methoxy groups -OCH3 is 1. The van der Waals surface area contributed by atoms with Crippen LogP contribution in [0.2, 0.25) is 0 Å². The second-order valence-electron chi connectivity index (χ2n) is 7.46. The van der Waals surface area contributed by atoms with Gasteiger partial charge in [0.15, 0.2) is 0 Å². The Bertz CT molecular complexity index is 970. The molecule has 1 fully saturated rings. The number of nitrogens with zero attached hydrogens (tertiary/aromatic N) is 2. The van der Waals surface area contributed by atoms with Crippen molar-refractivity contribution in [3.63, 3.8) is 0 Å². The third-order valence-electron chi connectivity index (χ3n) is 5.55. The number of aromatic nitrogens is 2. The quantitative estimate of drug-likeness (QED) is 0.635. The van der Waals surface area contributed by atoms with Gasteiger partial charge in [-0.25, -0.2) is 0 Å². The number of carbonyl (C=O) groups excluding carboxylic acids is 1. The van der Waals surface area contributed by atoms with Crippen LogP contribution in [-0.2, 0) is 18.4 Å². The van der Waals surface area contributed by atoms with Crippen molar-refractivity contribution in [1.29, 1.82) is 0 Å². The van der Waals surface area contributed by atoms with Gasteiger partial charge in [-0.1, -0.05) is 36.4 Å². The number of carbonyl (C=O) groups is 1. The minimum absolute atomic E-state index is 0. The van der Waals surface area contributed by atoms with Gasteiger partial charge in [0.05, 0.1) is 19.2 Å². The lowest BCUT2D eigenvalue weighted by atomic mass is 9.90. The number of hydrogen-bond donors (Lipinski definition) is 2. The number of aryl methyl sites for hydroxylation is 1. The van der Waals surface area contributed by atoms with Gasteiger partial charge in [-0.2, -0.15) is 5.10 Å². The van der Waals surface area contributed by atoms with Gasteiger partial charge in [-0.3, -0.25) is 9.48 Å². The normalized spacial score (nSPS) is 17.9. The summed E-state index contributed by atoms with van der Waals surface area (Å²) in [5.74, 6) is 1.03. The summed E-state index contributed by atoms with van der Waals surface area (Å²) in [6, 6.07) is 16.3. The molecule has 0 aliphatic carbocycles. The number of rotatable bonds is 6. The molecule has 0 unspecified atom stereocenters. The molecule has 4 rings (SSSR count). The number of ether oxygens (including phenoxy) is 1. The third-order valence-corrected chi connectivity index (χ3v) is 5.55. The predicted molar refractivity (Wildman–Crippen MR) is 120 cm³/mol. The number of amides is 1. The van der Waals surface area contributed by atoms with Crippen molar-refractivity contribution in [2.24, 2.45) is 13.0 Å². The summed E-state index contributed by atoms with van der Waals surface area (Å²) in [7, 11) is 3.56. The minimum Gasteiger partial charge on any atom is -0.497 e. The molecule has 1 saturated heterocycles. The zero-order valence-electron chi connectivity index (χ0n) is 17.2. The van der Waals surface area contributed by atoms with Gasteiger partial charge in [0.2, 0.25) is 5.91 Å². The number of hydrogen-bond acceptors (Lipinski definition) is 4. The molecule has 0 spiro atoms. The van der Waals surface area contributed by atoms with E-state index in [1.54, 1.807) is 11.8 Å². The Hall–Kier alpha value is -2.83. The van der Waals surface area contributed by atoms with Crippen LogP contribution in [0.15, 0.2) is 60.9 Å². The summed E-state index contributed by atoms with van der Waals surface area (Å²) in [6.45, 7) is 2.03. The summed E-state index contributed by atoms with van der Waals surface area (Å²) in [4.78, 5) is 12.8. The molecular weight excluding hydrogens is 400 g/mol. The lowest BCUT2D eigenvalue weighted by Gasteiger charge is -2.17. The Morgan fingerprint density at radius 2 is 1.80 bits per heavy atom. The van der Waals surface area contributed by atoms with Crippen LogP contribution >= 0.6 is 12.4 Å². The lowest BCUT2D eigenvalue weighted by Crippen LogP contribution is -2.33. The SMILES string of the molecule is COc1ccc(-c2ccc(CNC(=O)[C@H]3CNC[C@@H]3c3cnn(C)c3)cc2)cc1.Cl. The predicted octanol–water partition coefficient (Wildman–Crippen LogP) is 3.14. The highest BCUT2D eigenvalue weighted by Crippen LogP contribution is 2.28. The third kappa shape index (κ3) is 4.83. The van der Waals surface area contributed by atoms with E-state index in [0.29, 0.717) is 13.1 Å². The molecule has 0 radical (unpaired) electrons. The average molecular weight is 427 g/mol. The maximum absolute atomic E-state index is 12.8. The van der Waals surface area contributed by atoms with E-state index in [0.717, 1.165) is 34.5 Å². The van der Waals surface area contributed by atoms with E-state index in [4.69, 9.17) is 4.74 Å². The Balaban J connectivity index is 0.00000256. The molecule has 2 heterocycles. The highest BCUT2D eigenvalue weighted by Gasteiger charge is 2.34. The van der Waals surface area contributed by atoms with Crippen LogP contribution in [0.4, 0.5) is 0 Å². The van der Waals surface area contributed by atoms with Crippen molar-refractivity contribution in [2.75, 3.05) is 20.2 Å². The van der Waals surface area contributed by atoms with Gasteiger partial charge in [0, 0.05) is 38.8 Å². The van der Waals surface area contributed by atoms with Crippen molar-refractivity contribution in [3.8, 4) is 16.9 Å². The molecule has 30 heavy (non-hydrogen) atoms. The van der Waals surface area contributed by atoms with E-state index in [-0.39, 0.29) is 30.2 Å². The van der Waals surface area contributed by atoms with E-state index in [9.17, 15) is 4.79 Å². The van der Waals surface area contributed by atoms with Crippen molar-refractivity contribution in [2.45, 2.75) is 12.5 Å². The largest absolute Gasteiger partial charge is 0.497 e. The fourth-order valence-corrected chi connectivity index (χ4v) is 3.85. The number of halogens is 1. The standard InChI is InChI=1S/C23H26N4O2.ClH/c1-27-15-19(12-26-27)21-13-24-14-22(21)23(28)25-11-16-3-5-17(6-4-16)18-7-9-20(29-2)10-8-18;/h3-10,12,15,21-22,24H,11,13-14H2,1-2H3,(H,25,28);1H/t21-,22+;/m1./s1. The maximum Gasteiger partial charge on any atom is 0.225 e. The van der Waals surface area contributed by atoms with Crippen molar-refractivity contribution >= 4 is 18.3 Å². The Morgan fingerprint density at radius 3 is 2.40 bits per heavy atom. The average Bonchev–Trinajstić information content (AvgIpc) is 3.41. The Kier molecular flexibility index (Phi) is 7.13. The smallest absolute Gasteiger partial charge is 0.225 e. The van der Waals surface area contributed by atoms with Crippen LogP contribution in [0.25, 0.3) is 11.1 Å². The zero-order chi connectivity index (χ0) is 20.2. The molecular formula is C23H27ClN4O2. The monoisotopic (exact) mass is 426 g/mol. The Labute approximate surface area is 183 Å². The fraction of sp³-hybridized carbons (Fsp3) is 0.304. The lowest BCUT2D eigenvalue weighted by molar-refractivity contribution is -0.125. The van der Waals surface area contributed by atoms with Gasteiger partial charge in [0.1, 0.15) is 5.75 Å². The molecule has 1 aliphatic heterocycles. The first-order chi connectivity index (χ1) is 14.1. The number of benzene rings is 2. The van der Waals surface area contributed by atoms with E-state index < -0.39 is 0 Å². The van der Waals surface area contributed by atoms with Crippen molar-refractivity contribution < 1.29 is 9.53 Å². The molecule has 6 nitrogen and oxygen atoms in total. The van der Waals surface area contributed by atoms with Gasteiger partial charge in [-0.05, 0) is 34.4 Å². The summed E-state index contributed by atoms with van der Waals surface area (Å²) in [5, 5.41) is 10.7. The van der Waals surface area contributed by atoms with E-state index in [1.165, 1.54) is 0 Å². The maximum atomic E-state index is 12.8. The van der Waals surface area contributed by atoms with E-state index in [2.05, 4.69) is 40.0 Å². The van der Waals surface area contributed by atoms with E-state index in [1.807, 2.05) is 43.7 Å². The topological polar surface area (TPSA) is 68.2 Å². The van der Waals surface area contributed by atoms with Crippen LogP contribution in [0, 0.1) is 5.92 Å². The fourth-order valence-electron chi connectivity index (χ4n) is 3.85. The van der Waals surface area contributed by atoms with Gasteiger partial charge in [-0.15, -0.1) is 12.4 Å². The molecule has 2 aromatic carbocycles. The first-order valence-corrected chi connectivity index (χ1v) is 9.84. The Morgan fingerprint density at radius 1 is 1.13 bits per heavy atom. The van der Waals surface area contributed by atoms with E-state index >= 15 is 0 Å². The summed E-state index contributed by atoms with van der Waals surface area (Å²) in [5.41, 5.74) is 4.47. The molecule has 0 saturated carbocycles. The highest BCUT2D eigenvalue weighted by atomic mass is 35.5. The van der Waals surface area contributed by atoms with Gasteiger partial charge < -0.3 is 15.4 Å². The molecule has 2 atom stereocenters. The molecule has 7 heteroatoms. The van der Waals surface area contributed by atoms with Crippen LogP contribution in [0.5, 0.6) is 5.75 Å². The van der Waals surface area contributed by atoms with Gasteiger partial charge in [0.25, 0.3) is 0 Å². The summed E-state index contributed by atoms with van der Waals surface area (Å²) < 4.78 is 6.99. The van der Waals surface area contributed by atoms with Crippen LogP contribution in [0.3, 0.4) is 0 Å². The zero-order valence-corrected chi connectivity index (χ0v) is 18.0. The van der Waals surface area contributed by atoms with Crippen LogP contribution < -0.4 is 15.4 Å². The minimum atomic E-state index is -0.0715. The van der Waals surface area contributed by atoms with Gasteiger partial charge >= 0.3 is 0 Å². The second-order valence-corrected chi connectivity index (χ2v) is 7.46. The van der Waals surface area contributed by atoms with Crippen molar-refractivity contribution in [3.05, 3.63) is 72.1 Å². The molecule has 1 amide bonds. The first-order valence-electron chi connectivity index (χ1n) is 9.84. The molecule has 158 valence electrons. The highest BCUT2D eigenvalue weighted by molar-refractivity contribution is 5.85. The van der Waals surface area contributed by atoms with Crippen molar-refractivity contribution in [1.82, 2.24) is 20.4 Å². The first kappa shape index (κ1) is 21.9. The second kappa shape index (κ2) is 9.78. The molecule has 0 bridgehead atoms. The van der Waals surface area contributed by atoms with Crippen LogP contribution in [0.1, 0.15) is 17.0 Å². The summed E-state index contributed by atoms with van der Waals surface area (Å²) in [6.07, 6.45) is 3.85. The summed E-state index contributed by atoms with van der Waals surface area (Å²) >= 11 is 0. The molecule has 1 aliphatic rings. The van der Waals surface area contributed by atoms with Crippen LogP contribution in [-0.4, -0.2) is 35.9 Å². The molecule has 3 aromatic rings. The number of nitrogens with one attached hydrogen (secondary N) is 2. The molecule has 1 aromatic heterocycles.